The van der Waals surface area contributed by atoms with E-state index in [2.05, 4.69) is 32.7 Å². The van der Waals surface area contributed by atoms with E-state index in [0.717, 1.165) is 76.2 Å². The van der Waals surface area contributed by atoms with Gasteiger partial charge in [-0.05, 0) is 54.9 Å². The summed E-state index contributed by atoms with van der Waals surface area (Å²) in [5.41, 5.74) is 20.7. The van der Waals surface area contributed by atoms with Crippen LogP contribution in [0, 0.1) is 16.7 Å². The van der Waals surface area contributed by atoms with Gasteiger partial charge in [-0.25, -0.2) is 15.0 Å². The SMILES string of the molecule is CC1=C=C2C(Sc3ccnc(N)c3Cl)=CN=C(N3CCC4(CC3)Cc3c(C#N)cccc3[C@H]4N)N2C=N1. The van der Waals surface area contributed by atoms with E-state index < -0.39 is 0 Å². The van der Waals surface area contributed by atoms with Gasteiger partial charge in [-0.3, -0.25) is 4.90 Å². The summed E-state index contributed by atoms with van der Waals surface area (Å²) in [4.78, 5) is 19.4. The van der Waals surface area contributed by atoms with E-state index in [4.69, 9.17) is 28.1 Å². The van der Waals surface area contributed by atoms with Gasteiger partial charge in [0, 0.05) is 36.4 Å². The number of nitrogen functional groups attached to an aromatic ring is 1. The fourth-order valence-electron chi connectivity index (χ4n) is 5.61. The number of anilines is 1. The normalized spacial score (nSPS) is 21.5. The smallest absolute Gasteiger partial charge is 0.211 e. The number of benzene rings is 1. The van der Waals surface area contributed by atoms with Crippen molar-refractivity contribution in [3.8, 4) is 6.07 Å². The van der Waals surface area contributed by atoms with E-state index in [1.807, 2.05) is 36.2 Å². The Morgan fingerprint density at radius 2 is 2.08 bits per heavy atom. The molecule has 1 saturated heterocycles. The standard InChI is InChI=1S/C27H25ClN8S/c1-16-11-20-22(37-21-5-8-32-25(31)23(21)28)14-33-26(36(20)15-34-16)35-9-6-27(7-10-35)12-19-17(13-29)3-2-4-18(19)24(27)30/h2-5,8,14-15,24H,6-7,9-10,12,30H2,1H3,(H2,31,32)/t24-/m1/s1. The summed E-state index contributed by atoms with van der Waals surface area (Å²) in [6, 6.07) is 10.0. The van der Waals surface area contributed by atoms with E-state index in [1.165, 1.54) is 11.8 Å². The van der Waals surface area contributed by atoms with Crippen molar-refractivity contribution in [1.29, 1.82) is 5.26 Å². The number of aromatic nitrogens is 1. The summed E-state index contributed by atoms with van der Waals surface area (Å²) in [5, 5.41) is 10.0. The maximum Gasteiger partial charge on any atom is 0.211 e. The minimum Gasteiger partial charge on any atom is -0.382 e. The maximum atomic E-state index is 9.59. The second-order valence-corrected chi connectivity index (χ2v) is 11.2. The number of nitriles is 1. The first kappa shape index (κ1) is 23.8. The average Bonchev–Trinajstić information content (AvgIpc) is 3.18. The van der Waals surface area contributed by atoms with Crippen LogP contribution in [-0.4, -0.2) is 40.2 Å². The van der Waals surface area contributed by atoms with E-state index in [9.17, 15) is 5.26 Å². The molecule has 6 rings (SSSR count). The third kappa shape index (κ3) is 3.94. The van der Waals surface area contributed by atoms with Crippen molar-refractivity contribution in [2.75, 3.05) is 18.8 Å². The Morgan fingerprint density at radius 1 is 1.27 bits per heavy atom. The van der Waals surface area contributed by atoms with Gasteiger partial charge in [-0.2, -0.15) is 5.26 Å². The van der Waals surface area contributed by atoms with E-state index in [0.29, 0.717) is 10.8 Å². The molecular formula is C27H25ClN8S. The molecule has 1 aromatic heterocycles. The van der Waals surface area contributed by atoms with Crippen LogP contribution in [0.1, 0.15) is 42.5 Å². The summed E-state index contributed by atoms with van der Waals surface area (Å²) in [6.45, 7) is 3.54. The summed E-state index contributed by atoms with van der Waals surface area (Å²) in [7, 11) is 0. The lowest BCUT2D eigenvalue weighted by molar-refractivity contribution is 0.123. The number of thioether (sulfide) groups is 1. The quantitative estimate of drug-likeness (QED) is 0.548. The highest BCUT2D eigenvalue weighted by atomic mass is 35.5. The van der Waals surface area contributed by atoms with E-state index in [-0.39, 0.29) is 11.5 Å². The molecule has 1 atom stereocenters. The monoisotopic (exact) mass is 528 g/mol. The molecule has 1 spiro atoms. The molecular weight excluding hydrogens is 504 g/mol. The third-order valence-electron chi connectivity index (χ3n) is 7.65. The number of hydrogen-bond acceptors (Lipinski definition) is 9. The fraction of sp³-hybridized carbons (Fsp3) is 0.296. The second kappa shape index (κ2) is 9.09. The van der Waals surface area contributed by atoms with Crippen LogP contribution in [-0.2, 0) is 6.42 Å². The first-order chi connectivity index (χ1) is 17.9. The molecule has 0 amide bonds. The zero-order valence-corrected chi connectivity index (χ0v) is 21.9. The van der Waals surface area contributed by atoms with Crippen LogP contribution >= 0.6 is 23.4 Å². The second-order valence-electron chi connectivity index (χ2n) is 9.70. The number of piperidine rings is 1. The molecule has 3 aliphatic heterocycles. The number of likely N-dealkylation sites (tertiary alicyclic amines) is 1. The van der Waals surface area contributed by atoms with Crippen molar-refractivity contribution in [3.63, 3.8) is 0 Å². The number of fused-ring (bicyclic) bond motifs is 2. The average molecular weight is 529 g/mol. The topological polar surface area (TPSA) is 120 Å². The number of nitrogens with zero attached hydrogens (tertiary/aromatic N) is 6. The molecule has 4 aliphatic rings. The van der Waals surface area contributed by atoms with Crippen LogP contribution < -0.4 is 11.5 Å². The van der Waals surface area contributed by atoms with Gasteiger partial charge in [0.1, 0.15) is 17.9 Å². The zero-order valence-electron chi connectivity index (χ0n) is 20.3. The molecule has 0 unspecified atom stereocenters. The minimum atomic E-state index is -0.0655. The maximum absolute atomic E-state index is 9.59. The highest BCUT2D eigenvalue weighted by Crippen LogP contribution is 2.51. The van der Waals surface area contributed by atoms with E-state index >= 15 is 0 Å². The van der Waals surface area contributed by atoms with Crippen LogP contribution in [0.5, 0.6) is 0 Å². The van der Waals surface area contributed by atoms with Crippen molar-refractivity contribution in [2.24, 2.45) is 21.1 Å². The third-order valence-corrected chi connectivity index (χ3v) is 9.24. The van der Waals surface area contributed by atoms with Crippen molar-refractivity contribution in [1.82, 2.24) is 14.8 Å². The Hall–Kier alpha value is -3.54. The lowest BCUT2D eigenvalue weighted by atomic mass is 9.73. The van der Waals surface area contributed by atoms with E-state index in [1.54, 1.807) is 12.5 Å². The van der Waals surface area contributed by atoms with Gasteiger partial charge in [-0.15, -0.1) is 0 Å². The van der Waals surface area contributed by atoms with Crippen molar-refractivity contribution in [2.45, 2.75) is 37.1 Å². The molecule has 4 heterocycles. The van der Waals surface area contributed by atoms with Crippen molar-refractivity contribution in [3.05, 3.63) is 80.4 Å². The molecule has 0 saturated carbocycles. The highest BCUT2D eigenvalue weighted by molar-refractivity contribution is 8.03. The molecule has 186 valence electrons. The van der Waals surface area contributed by atoms with Gasteiger partial charge in [-0.1, -0.05) is 41.2 Å². The summed E-state index contributed by atoms with van der Waals surface area (Å²) < 4.78 is 0. The lowest BCUT2D eigenvalue weighted by Crippen LogP contribution is -2.51. The number of rotatable bonds is 2. The summed E-state index contributed by atoms with van der Waals surface area (Å²) in [6.07, 6.45) is 8.00. The summed E-state index contributed by atoms with van der Waals surface area (Å²) in [5.74, 6) is 1.12. The van der Waals surface area contributed by atoms with Crippen LogP contribution in [0.2, 0.25) is 5.02 Å². The molecule has 2 aromatic rings. The van der Waals surface area contributed by atoms with Gasteiger partial charge in [0.05, 0.1) is 27.3 Å². The van der Waals surface area contributed by atoms with Crippen molar-refractivity contribution < 1.29 is 0 Å². The van der Waals surface area contributed by atoms with Gasteiger partial charge < -0.3 is 16.4 Å². The zero-order chi connectivity index (χ0) is 25.7. The predicted molar refractivity (Wildman–Crippen MR) is 147 cm³/mol. The number of nitrogens with two attached hydrogens (primary N) is 2. The Bertz CT molecular complexity index is 1500. The Morgan fingerprint density at radius 3 is 2.86 bits per heavy atom. The van der Waals surface area contributed by atoms with Crippen LogP contribution in [0.15, 0.2) is 73.6 Å². The van der Waals surface area contributed by atoms with Gasteiger partial charge >= 0.3 is 0 Å². The molecule has 0 radical (unpaired) electrons. The fourth-order valence-corrected chi connectivity index (χ4v) is 6.75. The first-order valence-electron chi connectivity index (χ1n) is 12.1. The highest BCUT2D eigenvalue weighted by Gasteiger charge is 2.47. The summed E-state index contributed by atoms with van der Waals surface area (Å²) >= 11 is 7.89. The van der Waals surface area contributed by atoms with Crippen LogP contribution in [0.3, 0.4) is 0 Å². The number of guanidine groups is 1. The van der Waals surface area contributed by atoms with Crippen molar-refractivity contribution >= 4 is 41.5 Å². The first-order valence-corrected chi connectivity index (χ1v) is 13.3. The Balaban J connectivity index is 1.26. The largest absolute Gasteiger partial charge is 0.382 e. The van der Waals surface area contributed by atoms with Gasteiger partial charge in [0.15, 0.2) is 0 Å². The number of hydrogen-bond donors (Lipinski definition) is 2. The molecule has 8 nitrogen and oxygen atoms in total. The predicted octanol–water partition coefficient (Wildman–Crippen LogP) is 4.56. The number of halogens is 1. The minimum absolute atomic E-state index is 0.0406. The van der Waals surface area contributed by atoms with Crippen LogP contribution in [0.4, 0.5) is 5.82 Å². The molecule has 1 aromatic carbocycles. The molecule has 1 fully saturated rings. The Labute approximate surface area is 224 Å². The lowest BCUT2D eigenvalue weighted by Gasteiger charge is -2.45. The van der Waals surface area contributed by atoms with Crippen LogP contribution in [0.25, 0.3) is 0 Å². The number of pyridine rings is 1. The molecule has 0 bridgehead atoms. The number of aliphatic imine (C=N–C) groups is 2. The van der Waals surface area contributed by atoms with Gasteiger partial charge in [0.2, 0.25) is 5.96 Å². The molecule has 1 aliphatic carbocycles. The Kier molecular flexibility index (Phi) is 5.85. The molecule has 37 heavy (non-hydrogen) atoms. The molecule has 4 N–H and O–H groups in total. The molecule has 10 heteroatoms. The van der Waals surface area contributed by atoms with Gasteiger partial charge in [0.25, 0.3) is 0 Å².